The third-order valence-electron chi connectivity index (χ3n) is 4.32. The molecule has 0 N–H and O–H groups in total. The molecule has 3 aromatic carbocycles. The average molecular weight is 382 g/mol. The zero-order valence-corrected chi connectivity index (χ0v) is 16.2. The Labute approximate surface area is 160 Å². The predicted molar refractivity (Wildman–Crippen MR) is 106 cm³/mol. The van der Waals surface area contributed by atoms with E-state index in [1.807, 2.05) is 55.5 Å². The van der Waals surface area contributed by atoms with Gasteiger partial charge in [0, 0.05) is 0 Å². The highest BCUT2D eigenvalue weighted by molar-refractivity contribution is 7.86. The van der Waals surface area contributed by atoms with Crippen molar-refractivity contribution in [2.45, 2.75) is 18.2 Å². The first-order valence-corrected chi connectivity index (χ1v) is 10.1. The lowest BCUT2D eigenvalue weighted by Gasteiger charge is -2.08. The van der Waals surface area contributed by atoms with E-state index >= 15 is 0 Å². The summed E-state index contributed by atoms with van der Waals surface area (Å²) in [7, 11) is -2.07. The first-order chi connectivity index (χ1) is 13.0. The molecule has 4 nitrogen and oxygen atoms in total. The Bertz CT molecular complexity index is 974. The van der Waals surface area contributed by atoms with E-state index in [4.69, 9.17) is 8.92 Å². The lowest BCUT2D eigenvalue weighted by molar-refractivity contribution is 0.322. The quantitative estimate of drug-likeness (QED) is 0.560. The van der Waals surface area contributed by atoms with Crippen LogP contribution in [0.2, 0.25) is 0 Å². The van der Waals surface area contributed by atoms with Crippen LogP contribution in [0.4, 0.5) is 0 Å². The van der Waals surface area contributed by atoms with E-state index in [1.165, 1.54) is 0 Å². The van der Waals surface area contributed by atoms with E-state index in [0.29, 0.717) is 6.42 Å². The van der Waals surface area contributed by atoms with Crippen LogP contribution >= 0.6 is 0 Å². The molecule has 140 valence electrons. The monoisotopic (exact) mass is 382 g/mol. The van der Waals surface area contributed by atoms with Gasteiger partial charge in [-0.3, -0.25) is 4.18 Å². The topological polar surface area (TPSA) is 52.6 Å². The highest BCUT2D eigenvalue weighted by Crippen LogP contribution is 2.23. The molecule has 3 aromatic rings. The molecule has 0 radical (unpaired) electrons. The summed E-state index contributed by atoms with van der Waals surface area (Å²) in [6, 6.07) is 22.5. The van der Waals surface area contributed by atoms with E-state index in [2.05, 4.69) is 0 Å². The number of benzene rings is 3. The van der Waals surface area contributed by atoms with E-state index in [-0.39, 0.29) is 11.5 Å². The third kappa shape index (κ3) is 4.96. The summed E-state index contributed by atoms with van der Waals surface area (Å²) < 4.78 is 34.7. The molecule has 0 heterocycles. The molecule has 0 spiro atoms. The van der Waals surface area contributed by atoms with E-state index in [1.54, 1.807) is 31.4 Å². The van der Waals surface area contributed by atoms with Gasteiger partial charge in [0.2, 0.25) is 0 Å². The molecule has 0 atom stereocenters. The van der Waals surface area contributed by atoms with E-state index in [0.717, 1.165) is 28.0 Å². The van der Waals surface area contributed by atoms with Crippen LogP contribution in [0.1, 0.15) is 11.1 Å². The molecule has 27 heavy (non-hydrogen) atoms. The zero-order valence-electron chi connectivity index (χ0n) is 15.4. The lowest BCUT2D eigenvalue weighted by Crippen LogP contribution is -2.09. The van der Waals surface area contributed by atoms with Crippen LogP contribution in [0.15, 0.2) is 77.7 Å². The zero-order chi connectivity index (χ0) is 19.3. The van der Waals surface area contributed by atoms with Gasteiger partial charge in [0.05, 0.1) is 18.6 Å². The van der Waals surface area contributed by atoms with Gasteiger partial charge in [-0.1, -0.05) is 54.1 Å². The summed E-state index contributed by atoms with van der Waals surface area (Å²) in [5.74, 6) is 0.822. The van der Waals surface area contributed by atoms with Crippen LogP contribution in [-0.4, -0.2) is 22.1 Å². The van der Waals surface area contributed by atoms with Crippen molar-refractivity contribution in [3.63, 3.8) is 0 Å². The summed E-state index contributed by atoms with van der Waals surface area (Å²) in [6.07, 6.45) is 0.522. The Morgan fingerprint density at radius 1 is 0.778 bits per heavy atom. The molecule has 0 aliphatic heterocycles. The summed E-state index contributed by atoms with van der Waals surface area (Å²) in [6.45, 7) is 2.02. The molecule has 3 rings (SSSR count). The molecule has 0 saturated heterocycles. The predicted octanol–water partition coefficient (Wildman–Crippen LogP) is 4.62. The minimum atomic E-state index is -3.72. The highest BCUT2D eigenvalue weighted by atomic mass is 32.2. The van der Waals surface area contributed by atoms with Crippen LogP contribution in [0.25, 0.3) is 11.1 Å². The van der Waals surface area contributed by atoms with Gasteiger partial charge in [0.15, 0.2) is 0 Å². The van der Waals surface area contributed by atoms with Crippen molar-refractivity contribution in [3.8, 4) is 16.9 Å². The standard InChI is InChI=1S/C22H22O4S/c1-17-3-13-22(14-4-17)27(23,24)26-16-15-18-5-7-19(8-6-18)20-9-11-21(25-2)12-10-20/h3-14H,15-16H2,1-2H3. The van der Waals surface area contributed by atoms with Crippen molar-refractivity contribution in [1.29, 1.82) is 0 Å². The largest absolute Gasteiger partial charge is 0.497 e. The highest BCUT2D eigenvalue weighted by Gasteiger charge is 2.14. The van der Waals surface area contributed by atoms with Crippen LogP contribution < -0.4 is 4.74 Å². The SMILES string of the molecule is COc1ccc(-c2ccc(CCOS(=O)(=O)c3ccc(C)cc3)cc2)cc1. The normalized spacial score (nSPS) is 11.3. The smallest absolute Gasteiger partial charge is 0.296 e. The van der Waals surface area contributed by atoms with Gasteiger partial charge in [-0.2, -0.15) is 8.42 Å². The fraction of sp³-hybridized carbons (Fsp3) is 0.182. The van der Waals surface area contributed by atoms with Gasteiger partial charge < -0.3 is 4.74 Å². The molecular weight excluding hydrogens is 360 g/mol. The van der Waals surface area contributed by atoms with Crippen molar-refractivity contribution in [3.05, 3.63) is 83.9 Å². The van der Waals surface area contributed by atoms with E-state index in [9.17, 15) is 8.42 Å². The second-order valence-corrected chi connectivity index (χ2v) is 7.88. The molecule has 0 unspecified atom stereocenters. The Hall–Kier alpha value is -2.63. The minimum Gasteiger partial charge on any atom is -0.497 e. The maximum atomic E-state index is 12.2. The first-order valence-electron chi connectivity index (χ1n) is 8.67. The summed E-state index contributed by atoms with van der Waals surface area (Å²) in [5.41, 5.74) is 4.22. The Morgan fingerprint density at radius 3 is 1.89 bits per heavy atom. The molecule has 0 aliphatic carbocycles. The Morgan fingerprint density at radius 2 is 1.33 bits per heavy atom. The number of methoxy groups -OCH3 is 1. The van der Waals surface area contributed by atoms with E-state index < -0.39 is 10.1 Å². The maximum Gasteiger partial charge on any atom is 0.296 e. The number of rotatable bonds is 7. The van der Waals surface area contributed by atoms with Crippen molar-refractivity contribution in [2.24, 2.45) is 0 Å². The fourth-order valence-electron chi connectivity index (χ4n) is 2.69. The molecule has 0 saturated carbocycles. The lowest BCUT2D eigenvalue weighted by atomic mass is 10.0. The number of hydrogen-bond donors (Lipinski definition) is 0. The minimum absolute atomic E-state index is 0.109. The van der Waals surface area contributed by atoms with Crippen LogP contribution in [0, 0.1) is 6.92 Å². The van der Waals surface area contributed by atoms with Crippen LogP contribution in [-0.2, 0) is 20.7 Å². The number of hydrogen-bond acceptors (Lipinski definition) is 4. The number of aryl methyl sites for hydroxylation is 1. The first kappa shape index (κ1) is 19.1. The maximum absolute atomic E-state index is 12.2. The van der Waals surface area contributed by atoms with Gasteiger partial charge in [-0.05, 0) is 54.3 Å². The summed E-state index contributed by atoms with van der Waals surface area (Å²) in [5, 5.41) is 0. The van der Waals surface area contributed by atoms with Crippen LogP contribution in [0.3, 0.4) is 0 Å². The van der Waals surface area contributed by atoms with Crippen LogP contribution in [0.5, 0.6) is 5.75 Å². The van der Waals surface area contributed by atoms with Gasteiger partial charge in [0.1, 0.15) is 5.75 Å². The molecule has 0 bridgehead atoms. The molecule has 0 fully saturated rings. The van der Waals surface area contributed by atoms with Crippen molar-refractivity contribution >= 4 is 10.1 Å². The third-order valence-corrected chi connectivity index (χ3v) is 5.64. The molecule has 0 amide bonds. The van der Waals surface area contributed by atoms with Gasteiger partial charge in [-0.25, -0.2) is 0 Å². The molecule has 0 aliphatic rings. The second-order valence-electron chi connectivity index (χ2n) is 6.26. The van der Waals surface area contributed by atoms with Crippen molar-refractivity contribution in [2.75, 3.05) is 13.7 Å². The van der Waals surface area contributed by atoms with Crippen molar-refractivity contribution in [1.82, 2.24) is 0 Å². The molecule has 0 aromatic heterocycles. The summed E-state index contributed by atoms with van der Waals surface area (Å²) in [4.78, 5) is 0.183. The second kappa shape index (κ2) is 8.37. The Balaban J connectivity index is 1.59. The fourth-order valence-corrected chi connectivity index (χ4v) is 3.60. The molecule has 5 heteroatoms. The van der Waals surface area contributed by atoms with Crippen molar-refractivity contribution < 1.29 is 17.3 Å². The number of ether oxygens (including phenoxy) is 1. The Kier molecular flexibility index (Phi) is 5.94. The average Bonchev–Trinajstić information content (AvgIpc) is 2.69. The molecular formula is C22H22O4S. The van der Waals surface area contributed by atoms with Gasteiger partial charge in [0.25, 0.3) is 10.1 Å². The summed E-state index contributed by atoms with van der Waals surface area (Å²) >= 11 is 0. The van der Waals surface area contributed by atoms with Gasteiger partial charge in [-0.15, -0.1) is 0 Å². The van der Waals surface area contributed by atoms with Gasteiger partial charge >= 0.3 is 0 Å².